The van der Waals surface area contributed by atoms with Crippen molar-refractivity contribution in [3.8, 4) is 28.6 Å². The molecule has 2 aliphatic rings. The van der Waals surface area contributed by atoms with Crippen LogP contribution in [0.25, 0.3) is 17.1 Å². The third-order valence-electron chi connectivity index (χ3n) is 6.66. The summed E-state index contributed by atoms with van der Waals surface area (Å²) in [5.41, 5.74) is 2.89. The van der Waals surface area contributed by atoms with Crippen LogP contribution in [0.1, 0.15) is 5.56 Å². The first-order chi connectivity index (χ1) is 18.7. The average molecular weight is 548 g/mol. The zero-order chi connectivity index (χ0) is 25.9. The van der Waals surface area contributed by atoms with Crippen LogP contribution >= 0.6 is 23.4 Å². The molecule has 3 heterocycles. The van der Waals surface area contributed by atoms with Gasteiger partial charge in [0.05, 0.1) is 10.8 Å². The van der Waals surface area contributed by atoms with Gasteiger partial charge in [-0.3, -0.25) is 14.3 Å². The van der Waals surface area contributed by atoms with Gasteiger partial charge < -0.3 is 14.4 Å². The van der Waals surface area contributed by atoms with Gasteiger partial charge in [0.25, 0.3) is 0 Å². The number of halogens is 1. The summed E-state index contributed by atoms with van der Waals surface area (Å²) in [6.45, 7) is 4.13. The maximum Gasteiger partial charge on any atom is 0.233 e. The molecule has 1 fully saturated rings. The number of piperazine rings is 1. The number of para-hydroxylation sites is 1. The van der Waals surface area contributed by atoms with E-state index in [-0.39, 0.29) is 18.5 Å². The maximum absolute atomic E-state index is 13.1. The van der Waals surface area contributed by atoms with Crippen molar-refractivity contribution in [3.63, 3.8) is 0 Å². The van der Waals surface area contributed by atoms with Gasteiger partial charge in [-0.1, -0.05) is 59.8 Å². The molecule has 0 aliphatic carbocycles. The lowest BCUT2D eigenvalue weighted by Gasteiger charge is -2.34. The van der Waals surface area contributed by atoms with Crippen LogP contribution < -0.4 is 9.47 Å². The van der Waals surface area contributed by atoms with E-state index < -0.39 is 0 Å². The van der Waals surface area contributed by atoms with E-state index >= 15 is 0 Å². The second kappa shape index (κ2) is 11.1. The number of carbonyl (C=O) groups is 1. The minimum absolute atomic E-state index is 0.0969. The molecule has 0 saturated carbocycles. The molecule has 1 aromatic heterocycles. The predicted octanol–water partition coefficient (Wildman–Crippen LogP) is 4.75. The van der Waals surface area contributed by atoms with Gasteiger partial charge in [0.1, 0.15) is 0 Å². The maximum atomic E-state index is 13.1. The Kier molecular flexibility index (Phi) is 7.22. The molecular formula is C28H26ClN5O3S. The van der Waals surface area contributed by atoms with Crippen LogP contribution in [0.3, 0.4) is 0 Å². The second-order valence-corrected chi connectivity index (χ2v) is 10.4. The fourth-order valence-corrected chi connectivity index (χ4v) is 5.74. The number of nitrogens with zero attached hydrogens (tertiary/aromatic N) is 5. The summed E-state index contributed by atoms with van der Waals surface area (Å²) in [6.07, 6.45) is 0. The van der Waals surface area contributed by atoms with Gasteiger partial charge in [0, 0.05) is 44.0 Å². The largest absolute Gasteiger partial charge is 0.454 e. The lowest BCUT2D eigenvalue weighted by Crippen LogP contribution is -2.48. The molecule has 0 unspecified atom stereocenters. The van der Waals surface area contributed by atoms with Crippen molar-refractivity contribution in [1.82, 2.24) is 24.6 Å². The molecule has 0 bridgehead atoms. The quantitative estimate of drug-likeness (QED) is 0.309. The third-order valence-corrected chi connectivity index (χ3v) is 7.90. The highest BCUT2D eigenvalue weighted by Crippen LogP contribution is 2.33. The smallest absolute Gasteiger partial charge is 0.233 e. The SMILES string of the molecule is O=C(CSc1nnc(-c2ccccc2Cl)n1-c1ccccc1)N1CCN(Cc2ccc3c(c2)OCO3)CC1. The van der Waals surface area contributed by atoms with Crippen molar-refractivity contribution in [2.24, 2.45) is 0 Å². The second-order valence-electron chi connectivity index (χ2n) is 9.09. The molecule has 1 saturated heterocycles. The van der Waals surface area contributed by atoms with E-state index in [1.807, 2.05) is 76.2 Å². The first-order valence-electron chi connectivity index (χ1n) is 12.4. The van der Waals surface area contributed by atoms with Gasteiger partial charge in [-0.15, -0.1) is 10.2 Å². The van der Waals surface area contributed by atoms with E-state index in [4.69, 9.17) is 21.1 Å². The van der Waals surface area contributed by atoms with Crippen molar-refractivity contribution < 1.29 is 14.3 Å². The van der Waals surface area contributed by atoms with E-state index in [1.165, 1.54) is 17.3 Å². The average Bonchev–Trinajstić information content (AvgIpc) is 3.60. The molecule has 2 aliphatic heterocycles. The molecular weight excluding hydrogens is 522 g/mol. The Bertz CT molecular complexity index is 1440. The Morgan fingerprint density at radius 1 is 0.895 bits per heavy atom. The highest BCUT2D eigenvalue weighted by atomic mass is 35.5. The number of thioether (sulfide) groups is 1. The minimum Gasteiger partial charge on any atom is -0.454 e. The number of hydrogen-bond donors (Lipinski definition) is 0. The molecule has 38 heavy (non-hydrogen) atoms. The van der Waals surface area contributed by atoms with Crippen molar-refractivity contribution in [1.29, 1.82) is 0 Å². The van der Waals surface area contributed by atoms with Crippen LogP contribution in [0.15, 0.2) is 78.0 Å². The fourth-order valence-electron chi connectivity index (χ4n) is 4.66. The predicted molar refractivity (Wildman–Crippen MR) is 147 cm³/mol. The molecule has 3 aromatic carbocycles. The zero-order valence-electron chi connectivity index (χ0n) is 20.6. The Morgan fingerprint density at radius 2 is 1.66 bits per heavy atom. The van der Waals surface area contributed by atoms with E-state index in [9.17, 15) is 4.79 Å². The number of rotatable bonds is 7. The number of fused-ring (bicyclic) bond motifs is 1. The number of amides is 1. The van der Waals surface area contributed by atoms with Gasteiger partial charge in [-0.05, 0) is 42.0 Å². The summed E-state index contributed by atoms with van der Waals surface area (Å²) < 4.78 is 12.9. The fraction of sp³-hybridized carbons (Fsp3) is 0.250. The summed E-state index contributed by atoms with van der Waals surface area (Å²) in [7, 11) is 0. The van der Waals surface area contributed by atoms with Crippen LogP contribution in [0.2, 0.25) is 5.02 Å². The molecule has 4 aromatic rings. The standard InChI is InChI=1S/C28H26ClN5O3S/c29-23-9-5-4-8-22(23)27-30-31-28(34(27)21-6-2-1-3-7-21)38-18-26(35)33-14-12-32(13-15-33)17-20-10-11-24-25(16-20)37-19-36-24/h1-11,16H,12-15,17-19H2. The van der Waals surface area contributed by atoms with Crippen molar-refractivity contribution >= 4 is 29.3 Å². The molecule has 194 valence electrons. The Balaban J connectivity index is 1.10. The highest BCUT2D eigenvalue weighted by molar-refractivity contribution is 7.99. The molecule has 10 heteroatoms. The monoisotopic (exact) mass is 547 g/mol. The lowest BCUT2D eigenvalue weighted by molar-refractivity contribution is -0.130. The molecule has 0 atom stereocenters. The Hall–Kier alpha value is -3.53. The van der Waals surface area contributed by atoms with Crippen LogP contribution in [-0.4, -0.2) is 69.2 Å². The number of ether oxygens (including phenoxy) is 2. The first-order valence-corrected chi connectivity index (χ1v) is 13.8. The minimum atomic E-state index is 0.0969. The van der Waals surface area contributed by atoms with Crippen LogP contribution in [0, 0.1) is 0 Å². The van der Waals surface area contributed by atoms with Gasteiger partial charge >= 0.3 is 0 Å². The molecule has 6 rings (SSSR count). The third kappa shape index (κ3) is 5.22. The first kappa shape index (κ1) is 24.8. The molecule has 0 N–H and O–H groups in total. The van der Waals surface area contributed by atoms with Crippen molar-refractivity contribution in [2.75, 3.05) is 38.7 Å². The van der Waals surface area contributed by atoms with Crippen molar-refractivity contribution in [2.45, 2.75) is 11.7 Å². The number of aromatic nitrogens is 3. The van der Waals surface area contributed by atoms with Crippen molar-refractivity contribution in [3.05, 3.63) is 83.4 Å². The molecule has 0 spiro atoms. The van der Waals surface area contributed by atoms with Gasteiger partial charge in [0.2, 0.25) is 12.7 Å². The van der Waals surface area contributed by atoms with Gasteiger partial charge in [-0.2, -0.15) is 0 Å². The van der Waals surface area contributed by atoms with Crippen LogP contribution in [0.4, 0.5) is 0 Å². The Morgan fingerprint density at radius 3 is 2.47 bits per heavy atom. The van der Waals surface area contributed by atoms with Gasteiger partial charge in [-0.25, -0.2) is 0 Å². The zero-order valence-corrected chi connectivity index (χ0v) is 22.2. The van der Waals surface area contributed by atoms with E-state index in [2.05, 4.69) is 21.2 Å². The summed E-state index contributed by atoms with van der Waals surface area (Å²) >= 11 is 7.88. The van der Waals surface area contributed by atoms with Crippen LogP contribution in [-0.2, 0) is 11.3 Å². The summed E-state index contributed by atoms with van der Waals surface area (Å²) in [6, 6.07) is 23.5. The molecule has 1 amide bonds. The number of hydrogen-bond acceptors (Lipinski definition) is 7. The van der Waals surface area contributed by atoms with Crippen LogP contribution in [0.5, 0.6) is 11.5 Å². The topological polar surface area (TPSA) is 72.7 Å². The summed E-state index contributed by atoms with van der Waals surface area (Å²) in [5.74, 6) is 2.63. The summed E-state index contributed by atoms with van der Waals surface area (Å²) in [4.78, 5) is 17.4. The van der Waals surface area contributed by atoms with E-state index in [1.54, 1.807) is 0 Å². The molecule has 0 radical (unpaired) electrons. The Labute approximate surface area is 230 Å². The van der Waals surface area contributed by atoms with E-state index in [0.29, 0.717) is 29.1 Å². The lowest BCUT2D eigenvalue weighted by atomic mass is 10.1. The van der Waals surface area contributed by atoms with Gasteiger partial charge in [0.15, 0.2) is 22.5 Å². The highest BCUT2D eigenvalue weighted by Gasteiger charge is 2.24. The molecule has 8 nitrogen and oxygen atoms in total. The summed E-state index contributed by atoms with van der Waals surface area (Å²) in [5, 5.41) is 10.1. The normalized spacial score (nSPS) is 15.1. The number of benzene rings is 3. The number of carbonyl (C=O) groups excluding carboxylic acids is 1. The van der Waals surface area contributed by atoms with E-state index in [0.717, 1.165) is 42.4 Å².